The summed E-state index contributed by atoms with van der Waals surface area (Å²) in [5.41, 5.74) is 7.38. The average Bonchev–Trinajstić information content (AvgIpc) is 2.74. The molecule has 0 bridgehead atoms. The second-order valence-electron chi connectivity index (χ2n) is 7.08. The summed E-state index contributed by atoms with van der Waals surface area (Å²) >= 11 is 0. The molecule has 1 atom stereocenters. The van der Waals surface area contributed by atoms with Crippen LogP contribution in [0.25, 0.3) is 0 Å². The minimum atomic E-state index is -0.761. The number of para-hydroxylation sites is 1. The van der Waals surface area contributed by atoms with Crippen molar-refractivity contribution in [3.8, 4) is 0 Å². The van der Waals surface area contributed by atoms with Gasteiger partial charge in [-0.05, 0) is 24.6 Å². The first-order valence-corrected chi connectivity index (χ1v) is 9.69. The van der Waals surface area contributed by atoms with Crippen molar-refractivity contribution in [1.29, 1.82) is 0 Å². The minimum absolute atomic E-state index is 0.00315. The number of hydrogen-bond donors (Lipinski definition) is 4. The van der Waals surface area contributed by atoms with Crippen molar-refractivity contribution in [3.05, 3.63) is 71.8 Å². The first-order valence-electron chi connectivity index (χ1n) is 9.69. The summed E-state index contributed by atoms with van der Waals surface area (Å²) < 4.78 is 0. The van der Waals surface area contributed by atoms with Crippen molar-refractivity contribution in [1.82, 2.24) is 14.9 Å². The highest BCUT2D eigenvalue weighted by atomic mass is 16.2. The monoisotopic (exact) mass is 419 g/mol. The van der Waals surface area contributed by atoms with Crippen LogP contribution < -0.4 is 21.7 Å². The van der Waals surface area contributed by atoms with Gasteiger partial charge in [-0.1, -0.05) is 48.5 Å². The van der Waals surface area contributed by atoms with Gasteiger partial charge in [-0.15, -0.1) is 0 Å². The standard InChI is InChI=1S/C22H25N7O2/c1-14(15-10-6-4-7-11-15)24-19-17(18(23)30)20(28-22(31)29(2)3)27-21(26-19)25-16-12-8-5-9-13-16/h4-14H,1-3H3,(H2,23,30)(H3,24,25,26,27,28,31). The number of carbonyl (C=O) groups excluding carboxylic acids is 2. The van der Waals surface area contributed by atoms with E-state index >= 15 is 0 Å². The van der Waals surface area contributed by atoms with Gasteiger partial charge in [0.05, 0.1) is 0 Å². The molecule has 3 rings (SSSR count). The number of urea groups is 1. The number of amides is 3. The summed E-state index contributed by atoms with van der Waals surface area (Å²) in [4.78, 5) is 34.7. The number of primary amides is 1. The SMILES string of the molecule is CC(Nc1nc(Nc2ccccc2)nc(NC(=O)N(C)C)c1C(N)=O)c1ccccc1. The van der Waals surface area contributed by atoms with Crippen LogP contribution in [0.2, 0.25) is 0 Å². The zero-order valence-corrected chi connectivity index (χ0v) is 17.6. The van der Waals surface area contributed by atoms with Crippen molar-refractivity contribution >= 4 is 35.2 Å². The molecule has 0 saturated heterocycles. The summed E-state index contributed by atoms with van der Waals surface area (Å²) in [7, 11) is 3.17. The summed E-state index contributed by atoms with van der Waals surface area (Å²) in [5.74, 6) is -0.329. The lowest BCUT2D eigenvalue weighted by atomic mass is 10.1. The molecule has 0 radical (unpaired) electrons. The summed E-state index contributed by atoms with van der Waals surface area (Å²) in [6.07, 6.45) is 0. The molecule has 0 aliphatic heterocycles. The predicted molar refractivity (Wildman–Crippen MR) is 121 cm³/mol. The van der Waals surface area contributed by atoms with Gasteiger partial charge in [-0.3, -0.25) is 10.1 Å². The average molecular weight is 419 g/mol. The zero-order valence-electron chi connectivity index (χ0n) is 17.6. The molecule has 0 aliphatic rings. The maximum absolute atomic E-state index is 12.3. The van der Waals surface area contributed by atoms with Crippen molar-refractivity contribution in [2.24, 2.45) is 5.73 Å². The molecule has 2 aromatic carbocycles. The largest absolute Gasteiger partial charge is 0.365 e. The Morgan fingerprint density at radius 3 is 2.10 bits per heavy atom. The summed E-state index contributed by atoms with van der Waals surface area (Å²) in [5, 5.41) is 8.93. The first kappa shape index (κ1) is 21.6. The van der Waals surface area contributed by atoms with Crippen LogP contribution in [0, 0.1) is 0 Å². The van der Waals surface area contributed by atoms with Gasteiger partial charge in [0.1, 0.15) is 11.4 Å². The van der Waals surface area contributed by atoms with E-state index in [4.69, 9.17) is 5.73 Å². The van der Waals surface area contributed by atoms with E-state index in [0.29, 0.717) is 0 Å². The van der Waals surface area contributed by atoms with E-state index < -0.39 is 11.9 Å². The lowest BCUT2D eigenvalue weighted by molar-refractivity contribution is 0.100. The Bertz CT molecular complexity index is 1060. The quantitative estimate of drug-likeness (QED) is 0.464. The van der Waals surface area contributed by atoms with Crippen LogP contribution in [-0.4, -0.2) is 40.9 Å². The molecule has 0 saturated carbocycles. The minimum Gasteiger partial charge on any atom is -0.365 e. The molecule has 1 heterocycles. The van der Waals surface area contributed by atoms with E-state index in [1.165, 1.54) is 4.90 Å². The third kappa shape index (κ3) is 5.47. The van der Waals surface area contributed by atoms with E-state index in [1.54, 1.807) is 14.1 Å². The van der Waals surface area contributed by atoms with Crippen molar-refractivity contribution in [3.63, 3.8) is 0 Å². The number of anilines is 4. The number of carbonyl (C=O) groups is 2. The maximum Gasteiger partial charge on any atom is 0.322 e. The molecule has 9 heteroatoms. The number of rotatable bonds is 7. The van der Waals surface area contributed by atoms with E-state index in [2.05, 4.69) is 25.9 Å². The lowest BCUT2D eigenvalue weighted by Crippen LogP contribution is -2.30. The second-order valence-corrected chi connectivity index (χ2v) is 7.08. The maximum atomic E-state index is 12.3. The van der Waals surface area contributed by atoms with Crippen LogP contribution in [0.3, 0.4) is 0 Å². The second kappa shape index (κ2) is 9.57. The Balaban J connectivity index is 2.05. The van der Waals surface area contributed by atoms with Gasteiger partial charge in [-0.2, -0.15) is 9.97 Å². The molecule has 0 fully saturated rings. The lowest BCUT2D eigenvalue weighted by Gasteiger charge is -2.20. The molecule has 0 spiro atoms. The fourth-order valence-corrected chi connectivity index (χ4v) is 2.84. The number of benzene rings is 2. The fraction of sp³-hybridized carbons (Fsp3) is 0.182. The number of nitrogens with zero attached hydrogens (tertiary/aromatic N) is 3. The summed E-state index contributed by atoms with van der Waals surface area (Å²) in [6, 6.07) is 18.4. The molecule has 3 aromatic rings. The summed E-state index contributed by atoms with van der Waals surface area (Å²) in [6.45, 7) is 1.94. The Hall–Kier alpha value is -4.14. The van der Waals surface area contributed by atoms with Gasteiger partial charge >= 0.3 is 6.03 Å². The van der Waals surface area contributed by atoms with Crippen LogP contribution >= 0.6 is 0 Å². The van der Waals surface area contributed by atoms with E-state index in [1.807, 2.05) is 67.6 Å². The van der Waals surface area contributed by atoms with Gasteiger partial charge in [0, 0.05) is 25.8 Å². The Kier molecular flexibility index (Phi) is 6.66. The molecule has 160 valence electrons. The van der Waals surface area contributed by atoms with E-state index in [0.717, 1.165) is 11.3 Å². The van der Waals surface area contributed by atoms with E-state index in [9.17, 15) is 9.59 Å². The molecule has 31 heavy (non-hydrogen) atoms. The van der Waals surface area contributed by atoms with Crippen LogP contribution in [0.1, 0.15) is 28.9 Å². The predicted octanol–water partition coefficient (Wildman–Crippen LogP) is 3.59. The third-order valence-corrected chi connectivity index (χ3v) is 4.47. The molecular formula is C22H25N7O2. The van der Waals surface area contributed by atoms with Gasteiger partial charge < -0.3 is 21.3 Å². The highest BCUT2D eigenvalue weighted by molar-refractivity contribution is 6.05. The van der Waals surface area contributed by atoms with Gasteiger partial charge in [0.25, 0.3) is 5.91 Å². The molecular weight excluding hydrogens is 394 g/mol. The number of nitrogens with one attached hydrogen (secondary N) is 3. The highest BCUT2D eigenvalue weighted by Gasteiger charge is 2.23. The first-order chi connectivity index (χ1) is 14.8. The highest BCUT2D eigenvalue weighted by Crippen LogP contribution is 2.28. The molecule has 0 aliphatic carbocycles. The molecule has 5 N–H and O–H groups in total. The van der Waals surface area contributed by atoms with E-state index in [-0.39, 0.29) is 29.2 Å². The Morgan fingerprint density at radius 1 is 0.935 bits per heavy atom. The van der Waals surface area contributed by atoms with Crippen LogP contribution in [0.4, 0.5) is 28.1 Å². The van der Waals surface area contributed by atoms with Gasteiger partial charge in [0.15, 0.2) is 5.82 Å². The Morgan fingerprint density at radius 2 is 1.52 bits per heavy atom. The smallest absolute Gasteiger partial charge is 0.322 e. The van der Waals surface area contributed by atoms with Crippen LogP contribution in [0.15, 0.2) is 60.7 Å². The van der Waals surface area contributed by atoms with Crippen LogP contribution in [-0.2, 0) is 0 Å². The van der Waals surface area contributed by atoms with Crippen LogP contribution in [0.5, 0.6) is 0 Å². The number of aromatic nitrogens is 2. The van der Waals surface area contributed by atoms with Gasteiger partial charge in [-0.25, -0.2) is 4.79 Å². The van der Waals surface area contributed by atoms with Crippen molar-refractivity contribution in [2.45, 2.75) is 13.0 Å². The molecule has 3 amide bonds. The zero-order chi connectivity index (χ0) is 22.4. The Labute approximate surface area is 180 Å². The van der Waals surface area contributed by atoms with Gasteiger partial charge in [0.2, 0.25) is 5.95 Å². The van der Waals surface area contributed by atoms with Crippen molar-refractivity contribution in [2.75, 3.05) is 30.0 Å². The number of hydrogen-bond acceptors (Lipinski definition) is 6. The normalized spacial score (nSPS) is 11.3. The molecule has 1 aromatic heterocycles. The topological polar surface area (TPSA) is 125 Å². The molecule has 1 unspecified atom stereocenters. The number of nitrogens with two attached hydrogens (primary N) is 1. The molecule has 9 nitrogen and oxygen atoms in total. The van der Waals surface area contributed by atoms with Crippen molar-refractivity contribution < 1.29 is 9.59 Å². The third-order valence-electron chi connectivity index (χ3n) is 4.47. The fourth-order valence-electron chi connectivity index (χ4n) is 2.84.